The molecule has 0 atom stereocenters. The van der Waals surface area contributed by atoms with Crippen LogP contribution >= 0.6 is 0 Å². The van der Waals surface area contributed by atoms with Gasteiger partial charge in [0.2, 0.25) is 0 Å². The molecule has 0 saturated carbocycles. The maximum atomic E-state index is 13.1. The van der Waals surface area contributed by atoms with Crippen molar-refractivity contribution in [1.82, 2.24) is 0 Å². The maximum Gasteiger partial charge on any atom is 0.167 e. The zero-order chi connectivity index (χ0) is 9.14. The van der Waals surface area contributed by atoms with Crippen molar-refractivity contribution in [1.29, 1.82) is 0 Å². The molecular formula is C9H12FNO. The van der Waals surface area contributed by atoms with E-state index in [2.05, 4.69) is 0 Å². The van der Waals surface area contributed by atoms with Crippen LogP contribution in [0.15, 0.2) is 12.1 Å². The molecule has 0 aliphatic rings. The molecule has 2 N–H and O–H groups in total. The summed E-state index contributed by atoms with van der Waals surface area (Å²) >= 11 is 0. The molecule has 3 heteroatoms. The highest BCUT2D eigenvalue weighted by molar-refractivity contribution is 5.48. The van der Waals surface area contributed by atoms with Crippen LogP contribution in [0.1, 0.15) is 12.5 Å². The average Bonchev–Trinajstić information content (AvgIpc) is 1.96. The van der Waals surface area contributed by atoms with Crippen molar-refractivity contribution in [3.05, 3.63) is 23.5 Å². The zero-order valence-corrected chi connectivity index (χ0v) is 7.23. The molecule has 0 radical (unpaired) electrons. The van der Waals surface area contributed by atoms with E-state index in [-0.39, 0.29) is 0 Å². The second kappa shape index (κ2) is 3.43. The van der Waals surface area contributed by atoms with Crippen LogP contribution < -0.4 is 10.5 Å². The quantitative estimate of drug-likeness (QED) is 0.688. The van der Waals surface area contributed by atoms with E-state index < -0.39 is 5.82 Å². The van der Waals surface area contributed by atoms with Crippen LogP contribution in [0.4, 0.5) is 10.1 Å². The van der Waals surface area contributed by atoms with Crippen molar-refractivity contribution in [2.24, 2.45) is 0 Å². The number of ether oxygens (including phenoxy) is 1. The molecule has 0 saturated heterocycles. The molecule has 1 rings (SSSR count). The van der Waals surface area contributed by atoms with Gasteiger partial charge >= 0.3 is 0 Å². The lowest BCUT2D eigenvalue weighted by molar-refractivity contribution is 0.319. The Bertz CT molecular complexity index is 263. The Hall–Kier alpha value is -1.25. The first-order chi connectivity index (χ1) is 5.65. The summed E-state index contributed by atoms with van der Waals surface area (Å²) in [5.41, 5.74) is 6.58. The van der Waals surface area contributed by atoms with Crippen molar-refractivity contribution in [2.45, 2.75) is 13.8 Å². The van der Waals surface area contributed by atoms with Crippen LogP contribution in [-0.4, -0.2) is 6.61 Å². The van der Waals surface area contributed by atoms with Gasteiger partial charge in [-0.15, -0.1) is 0 Å². The fourth-order valence-corrected chi connectivity index (χ4v) is 1.08. The largest absolute Gasteiger partial charge is 0.491 e. The Kier molecular flexibility index (Phi) is 2.53. The van der Waals surface area contributed by atoms with Crippen molar-refractivity contribution >= 4 is 5.69 Å². The van der Waals surface area contributed by atoms with Crippen molar-refractivity contribution in [3.8, 4) is 5.75 Å². The van der Waals surface area contributed by atoms with E-state index in [1.54, 1.807) is 13.0 Å². The second-order valence-electron chi connectivity index (χ2n) is 2.58. The number of aryl methyl sites for hydroxylation is 1. The first-order valence-corrected chi connectivity index (χ1v) is 3.83. The molecule has 0 spiro atoms. The number of hydrogen-bond donors (Lipinski definition) is 1. The lowest BCUT2D eigenvalue weighted by Crippen LogP contribution is -1.98. The van der Waals surface area contributed by atoms with E-state index >= 15 is 0 Å². The molecule has 0 heterocycles. The lowest BCUT2D eigenvalue weighted by Gasteiger charge is -2.08. The van der Waals surface area contributed by atoms with Gasteiger partial charge in [0.25, 0.3) is 0 Å². The molecule has 2 nitrogen and oxygen atoms in total. The minimum atomic E-state index is -0.394. The molecule has 12 heavy (non-hydrogen) atoms. The summed E-state index contributed by atoms with van der Waals surface area (Å²) in [6.07, 6.45) is 0. The van der Waals surface area contributed by atoms with Gasteiger partial charge < -0.3 is 10.5 Å². The fourth-order valence-electron chi connectivity index (χ4n) is 1.08. The Balaban J connectivity index is 3.10. The van der Waals surface area contributed by atoms with Gasteiger partial charge in [-0.3, -0.25) is 0 Å². The molecule has 0 aromatic heterocycles. The predicted octanol–water partition coefficient (Wildman–Crippen LogP) is 2.12. The number of anilines is 1. The van der Waals surface area contributed by atoms with Crippen molar-refractivity contribution < 1.29 is 9.13 Å². The Labute approximate surface area is 71.1 Å². The summed E-state index contributed by atoms with van der Waals surface area (Å²) in [5, 5.41) is 0. The summed E-state index contributed by atoms with van der Waals surface area (Å²) < 4.78 is 18.2. The molecule has 0 amide bonds. The van der Waals surface area contributed by atoms with Crippen LogP contribution in [-0.2, 0) is 0 Å². The van der Waals surface area contributed by atoms with Crippen molar-refractivity contribution in [2.75, 3.05) is 12.3 Å². The first kappa shape index (κ1) is 8.84. The molecule has 1 aromatic carbocycles. The fraction of sp³-hybridized carbons (Fsp3) is 0.333. The third-order valence-electron chi connectivity index (χ3n) is 1.54. The van der Waals surface area contributed by atoms with Crippen LogP contribution in [0, 0.1) is 12.7 Å². The predicted molar refractivity (Wildman–Crippen MR) is 46.7 cm³/mol. The van der Waals surface area contributed by atoms with Crippen molar-refractivity contribution in [3.63, 3.8) is 0 Å². The summed E-state index contributed by atoms with van der Waals surface area (Å²) in [5.74, 6) is -0.0962. The van der Waals surface area contributed by atoms with Gasteiger partial charge in [0.15, 0.2) is 11.6 Å². The van der Waals surface area contributed by atoms with Gasteiger partial charge in [-0.2, -0.15) is 0 Å². The minimum Gasteiger partial charge on any atom is -0.491 e. The molecule has 0 fully saturated rings. The molecule has 0 aliphatic heterocycles. The summed E-state index contributed by atoms with van der Waals surface area (Å²) in [7, 11) is 0. The van der Waals surface area contributed by atoms with E-state index in [0.717, 1.165) is 5.56 Å². The van der Waals surface area contributed by atoms with Gasteiger partial charge in [0, 0.05) is 11.8 Å². The third-order valence-corrected chi connectivity index (χ3v) is 1.54. The van der Waals surface area contributed by atoms with Gasteiger partial charge in [-0.05, 0) is 25.5 Å². The third kappa shape index (κ3) is 1.67. The first-order valence-electron chi connectivity index (χ1n) is 3.83. The molecule has 1 aromatic rings. The summed E-state index contributed by atoms with van der Waals surface area (Å²) in [4.78, 5) is 0. The molecule has 0 bridgehead atoms. The van der Waals surface area contributed by atoms with Gasteiger partial charge in [-0.1, -0.05) is 0 Å². The topological polar surface area (TPSA) is 35.2 Å². The van der Waals surface area contributed by atoms with Gasteiger partial charge in [-0.25, -0.2) is 4.39 Å². The monoisotopic (exact) mass is 169 g/mol. The SMILES string of the molecule is CCOc1c(C)cc(N)cc1F. The van der Waals surface area contributed by atoms with Gasteiger partial charge in [0.1, 0.15) is 0 Å². The zero-order valence-electron chi connectivity index (χ0n) is 7.23. The van der Waals surface area contributed by atoms with E-state index in [0.29, 0.717) is 18.0 Å². The minimum absolute atomic E-state index is 0.298. The molecule has 0 aliphatic carbocycles. The molecule has 0 unspecified atom stereocenters. The second-order valence-corrected chi connectivity index (χ2v) is 2.58. The standard InChI is InChI=1S/C9H12FNO/c1-3-12-9-6(2)4-7(11)5-8(9)10/h4-5H,3,11H2,1-2H3. The van der Waals surface area contributed by atoms with Crippen LogP contribution in [0.5, 0.6) is 5.75 Å². The van der Waals surface area contributed by atoms with Crippen LogP contribution in [0.3, 0.4) is 0 Å². The summed E-state index contributed by atoms with van der Waals surface area (Å²) in [6, 6.07) is 2.95. The number of halogens is 1. The lowest BCUT2D eigenvalue weighted by atomic mass is 10.2. The Morgan fingerprint density at radius 3 is 2.67 bits per heavy atom. The number of benzene rings is 1. The van der Waals surface area contributed by atoms with Crippen LogP contribution in [0.25, 0.3) is 0 Å². The maximum absolute atomic E-state index is 13.1. The number of hydrogen-bond acceptors (Lipinski definition) is 2. The number of rotatable bonds is 2. The van der Waals surface area contributed by atoms with E-state index in [9.17, 15) is 4.39 Å². The van der Waals surface area contributed by atoms with E-state index in [1.165, 1.54) is 6.07 Å². The van der Waals surface area contributed by atoms with E-state index in [4.69, 9.17) is 10.5 Å². The molecular weight excluding hydrogens is 157 g/mol. The van der Waals surface area contributed by atoms with E-state index in [1.807, 2.05) is 6.92 Å². The number of nitrogen functional groups attached to an aromatic ring is 1. The Morgan fingerprint density at radius 2 is 2.17 bits per heavy atom. The highest BCUT2D eigenvalue weighted by Crippen LogP contribution is 2.24. The smallest absolute Gasteiger partial charge is 0.167 e. The highest BCUT2D eigenvalue weighted by atomic mass is 19.1. The van der Waals surface area contributed by atoms with Crippen LogP contribution in [0.2, 0.25) is 0 Å². The summed E-state index contributed by atoms with van der Waals surface area (Å²) in [6.45, 7) is 4.04. The normalized spacial score (nSPS) is 9.92. The number of nitrogens with two attached hydrogens (primary N) is 1. The molecule has 66 valence electrons. The highest BCUT2D eigenvalue weighted by Gasteiger charge is 2.06. The van der Waals surface area contributed by atoms with Gasteiger partial charge in [0.05, 0.1) is 6.61 Å². The Morgan fingerprint density at radius 1 is 1.50 bits per heavy atom. The average molecular weight is 169 g/mol.